The second-order valence-electron chi connectivity index (χ2n) is 5.99. The quantitative estimate of drug-likeness (QED) is 0.776. The standard InChI is InChI=1S/C17H21FN4O3/c1-9(11-5-7-12(18)8-6-11)20-10(2)14(23)13-15(19)21(3)17(25)22(4)16(13)24/h5-10,20H,19H2,1-4H3. The average Bonchev–Trinajstić information content (AvgIpc) is 2.58. The maximum absolute atomic E-state index is 13.0. The fraction of sp³-hybridized carbons (Fsp3) is 0.353. The molecule has 1 heterocycles. The molecule has 0 aliphatic heterocycles. The molecule has 8 heteroatoms. The van der Waals surface area contributed by atoms with E-state index in [9.17, 15) is 18.8 Å². The zero-order valence-corrected chi connectivity index (χ0v) is 14.5. The van der Waals surface area contributed by atoms with Crippen LogP contribution in [0, 0.1) is 5.82 Å². The van der Waals surface area contributed by atoms with E-state index in [0.29, 0.717) is 0 Å². The van der Waals surface area contributed by atoms with Gasteiger partial charge in [-0.2, -0.15) is 0 Å². The summed E-state index contributed by atoms with van der Waals surface area (Å²) >= 11 is 0. The number of carbonyl (C=O) groups excluding carboxylic acids is 1. The zero-order valence-electron chi connectivity index (χ0n) is 14.5. The molecule has 134 valence electrons. The highest BCUT2D eigenvalue weighted by Crippen LogP contribution is 2.15. The van der Waals surface area contributed by atoms with Gasteiger partial charge in [-0.3, -0.25) is 18.7 Å². The maximum atomic E-state index is 13.0. The summed E-state index contributed by atoms with van der Waals surface area (Å²) in [6.45, 7) is 3.42. The number of halogens is 1. The number of Topliss-reactive ketones (excluding diaryl/α,β-unsaturated/α-hetero) is 1. The zero-order chi connectivity index (χ0) is 18.9. The first-order chi connectivity index (χ1) is 11.6. The number of ketones is 1. The molecule has 25 heavy (non-hydrogen) atoms. The summed E-state index contributed by atoms with van der Waals surface area (Å²) in [5.41, 5.74) is 5.05. The third-order valence-electron chi connectivity index (χ3n) is 4.22. The summed E-state index contributed by atoms with van der Waals surface area (Å²) in [6.07, 6.45) is 0. The molecule has 0 saturated carbocycles. The molecule has 1 aromatic heterocycles. The molecular formula is C17H21FN4O3. The van der Waals surface area contributed by atoms with E-state index >= 15 is 0 Å². The first-order valence-electron chi connectivity index (χ1n) is 7.76. The molecule has 2 unspecified atom stereocenters. The van der Waals surface area contributed by atoms with Gasteiger partial charge in [0, 0.05) is 20.1 Å². The Kier molecular flexibility index (Phi) is 5.22. The van der Waals surface area contributed by atoms with Crippen LogP contribution in [0.2, 0.25) is 0 Å². The minimum Gasteiger partial charge on any atom is -0.384 e. The lowest BCUT2D eigenvalue weighted by molar-refractivity contribution is 0.0943. The molecule has 0 aliphatic rings. The van der Waals surface area contributed by atoms with Crippen LogP contribution in [-0.4, -0.2) is 21.0 Å². The molecule has 7 nitrogen and oxygen atoms in total. The van der Waals surface area contributed by atoms with Crippen molar-refractivity contribution in [2.45, 2.75) is 25.9 Å². The number of carbonyl (C=O) groups is 1. The van der Waals surface area contributed by atoms with Gasteiger partial charge in [-0.15, -0.1) is 0 Å². The average molecular weight is 348 g/mol. The van der Waals surface area contributed by atoms with E-state index in [4.69, 9.17) is 5.73 Å². The van der Waals surface area contributed by atoms with E-state index in [-0.39, 0.29) is 23.2 Å². The fourth-order valence-corrected chi connectivity index (χ4v) is 2.61. The van der Waals surface area contributed by atoms with Crippen LogP contribution in [0.5, 0.6) is 0 Å². The summed E-state index contributed by atoms with van der Waals surface area (Å²) in [6, 6.07) is 4.92. The third kappa shape index (κ3) is 3.53. The topological polar surface area (TPSA) is 99.1 Å². The van der Waals surface area contributed by atoms with Crippen molar-refractivity contribution >= 4 is 11.6 Å². The lowest BCUT2D eigenvalue weighted by Crippen LogP contribution is -2.45. The van der Waals surface area contributed by atoms with E-state index in [1.54, 1.807) is 19.1 Å². The van der Waals surface area contributed by atoms with Crippen LogP contribution in [0.4, 0.5) is 10.2 Å². The smallest absolute Gasteiger partial charge is 0.332 e. The molecular weight excluding hydrogens is 327 g/mol. The number of hydrogen-bond donors (Lipinski definition) is 2. The lowest BCUT2D eigenvalue weighted by atomic mass is 10.0. The number of rotatable bonds is 5. The highest BCUT2D eigenvalue weighted by Gasteiger charge is 2.25. The first-order valence-corrected chi connectivity index (χ1v) is 7.76. The molecule has 2 aromatic rings. The number of nitrogens with one attached hydrogen (secondary N) is 1. The van der Waals surface area contributed by atoms with Crippen LogP contribution in [-0.2, 0) is 14.1 Å². The molecule has 0 radical (unpaired) electrons. The summed E-state index contributed by atoms with van der Waals surface area (Å²) in [4.78, 5) is 36.8. The van der Waals surface area contributed by atoms with Crippen molar-refractivity contribution in [3.63, 3.8) is 0 Å². The Morgan fingerprint density at radius 2 is 1.68 bits per heavy atom. The first kappa shape index (κ1) is 18.6. The van der Waals surface area contributed by atoms with Gasteiger partial charge in [0.1, 0.15) is 17.2 Å². The number of nitrogens with zero attached hydrogens (tertiary/aromatic N) is 2. The number of aromatic nitrogens is 2. The number of nitrogen functional groups attached to an aromatic ring is 1. The number of hydrogen-bond acceptors (Lipinski definition) is 5. The van der Waals surface area contributed by atoms with E-state index in [1.165, 1.54) is 26.2 Å². The summed E-state index contributed by atoms with van der Waals surface area (Å²) in [5, 5.41) is 3.06. The normalized spacial score (nSPS) is 13.5. The Morgan fingerprint density at radius 1 is 1.12 bits per heavy atom. The fourth-order valence-electron chi connectivity index (χ4n) is 2.61. The largest absolute Gasteiger partial charge is 0.384 e. The number of benzene rings is 1. The third-order valence-corrected chi connectivity index (χ3v) is 4.22. The van der Waals surface area contributed by atoms with Crippen LogP contribution in [0.3, 0.4) is 0 Å². The molecule has 0 spiro atoms. The molecule has 2 rings (SSSR count). The highest BCUT2D eigenvalue weighted by atomic mass is 19.1. The second kappa shape index (κ2) is 7.02. The molecule has 0 aliphatic carbocycles. The summed E-state index contributed by atoms with van der Waals surface area (Å²) in [7, 11) is 2.69. The van der Waals surface area contributed by atoms with Crippen molar-refractivity contribution in [1.29, 1.82) is 0 Å². The molecule has 3 N–H and O–H groups in total. The Labute approximate surface area is 143 Å². The summed E-state index contributed by atoms with van der Waals surface area (Å²) in [5.74, 6) is -1.02. The maximum Gasteiger partial charge on any atom is 0.332 e. The lowest BCUT2D eigenvalue weighted by Gasteiger charge is -2.20. The van der Waals surface area contributed by atoms with Gasteiger partial charge in [-0.05, 0) is 31.5 Å². The van der Waals surface area contributed by atoms with Crippen LogP contribution >= 0.6 is 0 Å². The Bertz CT molecular complexity index is 915. The van der Waals surface area contributed by atoms with Gasteiger partial charge in [0.25, 0.3) is 5.56 Å². The van der Waals surface area contributed by atoms with E-state index in [0.717, 1.165) is 14.7 Å². The molecule has 0 saturated heterocycles. The predicted molar refractivity (Wildman–Crippen MR) is 93.1 cm³/mol. The van der Waals surface area contributed by atoms with Crippen molar-refractivity contribution < 1.29 is 9.18 Å². The van der Waals surface area contributed by atoms with Crippen molar-refractivity contribution in [1.82, 2.24) is 14.5 Å². The van der Waals surface area contributed by atoms with Crippen LogP contribution in [0.1, 0.15) is 35.8 Å². The number of nitrogens with two attached hydrogens (primary N) is 1. The monoisotopic (exact) mass is 348 g/mol. The van der Waals surface area contributed by atoms with Gasteiger partial charge >= 0.3 is 5.69 Å². The van der Waals surface area contributed by atoms with E-state index < -0.39 is 23.1 Å². The summed E-state index contributed by atoms with van der Waals surface area (Å²) < 4.78 is 14.9. The van der Waals surface area contributed by atoms with Gasteiger partial charge < -0.3 is 11.1 Å². The molecule has 2 atom stereocenters. The molecule has 0 amide bonds. The Balaban J connectivity index is 2.30. The Morgan fingerprint density at radius 3 is 2.24 bits per heavy atom. The van der Waals surface area contributed by atoms with Gasteiger partial charge in [-0.1, -0.05) is 12.1 Å². The minimum atomic E-state index is -0.729. The van der Waals surface area contributed by atoms with Crippen molar-refractivity contribution in [3.05, 3.63) is 62.0 Å². The van der Waals surface area contributed by atoms with Crippen LogP contribution < -0.4 is 22.3 Å². The van der Waals surface area contributed by atoms with Crippen molar-refractivity contribution in [3.8, 4) is 0 Å². The van der Waals surface area contributed by atoms with Crippen molar-refractivity contribution in [2.75, 3.05) is 5.73 Å². The molecule has 0 fully saturated rings. The van der Waals surface area contributed by atoms with Gasteiger partial charge in [0.2, 0.25) is 0 Å². The van der Waals surface area contributed by atoms with E-state index in [1.807, 2.05) is 6.92 Å². The van der Waals surface area contributed by atoms with E-state index in [2.05, 4.69) is 5.32 Å². The van der Waals surface area contributed by atoms with Gasteiger partial charge in [-0.25, -0.2) is 9.18 Å². The van der Waals surface area contributed by atoms with Gasteiger partial charge in [0.15, 0.2) is 5.78 Å². The highest BCUT2D eigenvalue weighted by molar-refractivity contribution is 6.03. The SMILES string of the molecule is CC(NC(C)c1ccc(F)cc1)C(=O)c1c(N)n(C)c(=O)n(C)c1=O. The predicted octanol–water partition coefficient (Wildman–Crippen LogP) is 0.727. The molecule has 0 bridgehead atoms. The van der Waals surface area contributed by atoms with Crippen LogP contribution in [0.15, 0.2) is 33.9 Å². The van der Waals surface area contributed by atoms with Gasteiger partial charge in [0.05, 0.1) is 6.04 Å². The second-order valence-corrected chi connectivity index (χ2v) is 5.99. The van der Waals surface area contributed by atoms with Crippen LogP contribution in [0.25, 0.3) is 0 Å². The molecule has 1 aromatic carbocycles. The number of anilines is 1. The Hall–Kier alpha value is -2.74. The van der Waals surface area contributed by atoms with Crippen molar-refractivity contribution in [2.24, 2.45) is 14.1 Å². The minimum absolute atomic E-state index is 0.166.